The van der Waals surface area contributed by atoms with Gasteiger partial charge in [-0.3, -0.25) is 33.6 Å². The molecule has 0 saturated heterocycles. The Balaban J connectivity index is 0.000000405. The summed E-state index contributed by atoms with van der Waals surface area (Å²) in [5, 5.41) is 16.1. The molecule has 76 heavy (non-hydrogen) atoms. The first kappa shape index (κ1) is 64.4. The van der Waals surface area contributed by atoms with E-state index in [1.165, 1.54) is 47.4 Å². The van der Waals surface area contributed by atoms with Gasteiger partial charge in [0.15, 0.2) is 5.12 Å². The van der Waals surface area contributed by atoms with Crippen LogP contribution in [0, 0.1) is 11.8 Å². The van der Waals surface area contributed by atoms with Gasteiger partial charge in [0.25, 0.3) is 23.6 Å². The number of hydrogen-bond acceptors (Lipinski definition) is 17. The van der Waals surface area contributed by atoms with Crippen LogP contribution in [0.15, 0.2) is 81.9 Å². The van der Waals surface area contributed by atoms with Gasteiger partial charge in [0.05, 0.1) is 37.3 Å². The van der Waals surface area contributed by atoms with Crippen LogP contribution in [0.4, 0.5) is 0 Å². The first-order valence-electron chi connectivity index (χ1n) is 25.0. The van der Waals surface area contributed by atoms with Crippen LogP contribution in [0.3, 0.4) is 0 Å². The Hall–Kier alpha value is -5.91. The lowest BCUT2D eigenvalue weighted by Gasteiger charge is -2.24. The van der Waals surface area contributed by atoms with Gasteiger partial charge in [0.2, 0.25) is 11.8 Å². The molecular weight excluding hydrogens is 1050 g/mol. The number of rotatable bonds is 14. The van der Waals surface area contributed by atoms with E-state index < -0.39 is 59.9 Å². The van der Waals surface area contributed by atoms with E-state index >= 15 is 0 Å². The summed E-state index contributed by atoms with van der Waals surface area (Å²) in [4.78, 5) is 126. The van der Waals surface area contributed by atoms with E-state index in [1.54, 1.807) is 90.1 Å². The van der Waals surface area contributed by atoms with Crippen molar-refractivity contribution in [3.8, 4) is 0 Å². The molecule has 0 aromatic carbocycles. The van der Waals surface area contributed by atoms with E-state index in [0.717, 1.165) is 22.6 Å². The predicted molar refractivity (Wildman–Crippen MR) is 299 cm³/mol. The van der Waals surface area contributed by atoms with Crippen molar-refractivity contribution < 1.29 is 52.6 Å². The van der Waals surface area contributed by atoms with E-state index in [4.69, 9.17) is 9.47 Å². The maximum absolute atomic E-state index is 13.2. The van der Waals surface area contributed by atoms with E-state index in [2.05, 4.69) is 54.5 Å². The zero-order valence-electron chi connectivity index (χ0n) is 44.6. The summed E-state index contributed by atoms with van der Waals surface area (Å²) < 4.78 is 11.3. The van der Waals surface area contributed by atoms with E-state index in [9.17, 15) is 43.2 Å². The molecule has 6 N–H and O–H groups in total. The lowest BCUT2D eigenvalue weighted by atomic mass is 10.0. The van der Waals surface area contributed by atoms with E-state index in [-0.39, 0.29) is 77.5 Å². The minimum Gasteiger partial charge on any atom is -0.456 e. The van der Waals surface area contributed by atoms with Crippen molar-refractivity contribution in [1.29, 1.82) is 0 Å². The van der Waals surface area contributed by atoms with E-state index in [0.29, 0.717) is 42.2 Å². The molecule has 2 aliphatic heterocycles. The molecule has 0 aliphatic carbocycles. The smallest absolute Gasteiger partial charge is 0.329 e. The van der Waals surface area contributed by atoms with Gasteiger partial charge in [-0.25, -0.2) is 19.6 Å². The number of nitrogens with zero attached hydrogens (tertiary/aromatic N) is 2. The van der Waals surface area contributed by atoms with Gasteiger partial charge in [-0.15, -0.1) is 23.5 Å². The monoisotopic (exact) mass is 1120 g/mol. The molecule has 0 unspecified atom stereocenters. The number of thioether (sulfide) groups is 3. The number of hydrogen-bond donors (Lipinski definition) is 7. The Morgan fingerprint density at radius 3 is 1.50 bits per heavy atom. The maximum atomic E-state index is 13.2. The second kappa shape index (κ2) is 34.0. The summed E-state index contributed by atoms with van der Waals surface area (Å²) >= 11 is 8.27. The number of unbranched alkanes of at least 4 members (excludes halogenated alkanes) is 1. The highest BCUT2D eigenvalue weighted by Crippen LogP contribution is 2.20. The molecule has 23 heteroatoms. The molecule has 4 heterocycles. The van der Waals surface area contributed by atoms with Crippen molar-refractivity contribution in [3.63, 3.8) is 0 Å². The van der Waals surface area contributed by atoms with Crippen molar-refractivity contribution in [2.75, 3.05) is 24.0 Å². The average molecular weight is 1130 g/mol. The molecule has 2 aromatic rings. The zero-order chi connectivity index (χ0) is 56.3. The number of carbonyl (C=O) groups excluding carboxylic acids is 9. The third-order valence-electron chi connectivity index (χ3n) is 11.1. The minimum atomic E-state index is -1.03. The molecule has 0 saturated carbocycles. The summed E-state index contributed by atoms with van der Waals surface area (Å²) in [5.41, 5.74) is 1.08. The second-order valence-corrected chi connectivity index (χ2v) is 21.2. The Labute approximate surface area is 463 Å². The largest absolute Gasteiger partial charge is 0.456 e. The molecule has 0 spiro atoms. The number of amides is 6. The molecule has 0 radical (unpaired) electrons. The fourth-order valence-electron chi connectivity index (χ4n) is 6.93. The van der Waals surface area contributed by atoms with Crippen LogP contribution in [-0.2, 0) is 56.1 Å². The highest BCUT2D eigenvalue weighted by atomic mass is 32.2. The Morgan fingerprint density at radius 1 is 0.684 bits per heavy atom. The number of fused-ring (bicyclic) bond motifs is 4. The number of aromatic nitrogens is 2. The standard InChI is InChI=1S/C29H40N4O6S2.C24H32N4O5S2/c1-6-8-12-25(35)41-13-10-9-11-20-15-24(34)30-17-19-14-21(40-5)16-23(31-19)28(37)32-22(7-2)27(36)33-26(18(3)4)29(38)39-20;1-5-18-22(30)28-21(14(2)3)24(32)33-16(8-6-7-9-34)11-20(29)25-13-15-10-17(35-4)12-19(26-15)23(31)27-18/h7,9,11,14,16,18,20,26H,6,8,10,12-13,15,17H2,1-5H3,(H,30,34)(H,32,37)(H,33,36);5-6,8,10,12,14,16,21,34H,7,9,11,13H2,1-4H3,(H,25,29)(H,27,31)(H,28,30)/b11-9+,22-7-;8-6+,18-5-/t20-,26+;16-,21+/m11/s1. The first-order valence-corrected chi connectivity index (χ1v) is 29.0. The quantitative estimate of drug-likeness (QED) is 0.0274. The topological polar surface area (TPSA) is 270 Å². The highest BCUT2D eigenvalue weighted by Gasteiger charge is 2.32. The third kappa shape index (κ3) is 22.4. The van der Waals surface area contributed by atoms with Gasteiger partial charge in [-0.1, -0.05) is 77.1 Å². The zero-order valence-corrected chi connectivity index (χ0v) is 47.9. The molecule has 2 aliphatic rings. The fraction of sp³-hybridized carbons (Fsp3) is 0.491. The Kier molecular flexibility index (Phi) is 28.8. The number of carbonyl (C=O) groups is 9. The predicted octanol–water partition coefficient (Wildman–Crippen LogP) is 6.29. The minimum absolute atomic E-state index is 0.0167. The summed E-state index contributed by atoms with van der Waals surface area (Å²) in [7, 11) is 0. The van der Waals surface area contributed by atoms with Crippen LogP contribution in [-0.4, -0.2) is 111 Å². The van der Waals surface area contributed by atoms with Crippen LogP contribution in [0.1, 0.15) is 126 Å². The van der Waals surface area contributed by atoms with Crippen LogP contribution >= 0.6 is 47.9 Å². The lowest BCUT2D eigenvalue weighted by molar-refractivity contribution is -0.153. The molecule has 6 amide bonds. The van der Waals surface area contributed by atoms with Crippen LogP contribution in [0.25, 0.3) is 0 Å². The van der Waals surface area contributed by atoms with Crippen LogP contribution < -0.4 is 31.9 Å². The van der Waals surface area contributed by atoms with Crippen molar-refractivity contribution in [2.24, 2.45) is 11.8 Å². The van der Waals surface area contributed by atoms with Crippen LogP contribution in [0.2, 0.25) is 0 Å². The van der Waals surface area contributed by atoms with Gasteiger partial charge < -0.3 is 41.4 Å². The van der Waals surface area contributed by atoms with Crippen LogP contribution in [0.5, 0.6) is 0 Å². The summed E-state index contributed by atoms with van der Waals surface area (Å²) in [5.74, 6) is -4.05. The SMILES string of the molecule is C/C=C1\NC(=O)c2cc(SC)cc(n2)CNC(=O)C[C@@H](/C=C/CCS)OC(=O)[C@H](C(C)C)NC1=O.C/C=C1\NC(=O)c2cc(SC)cc(n2)CNC(=O)C[C@@H](/C=C/CCSC(=O)CCCC)OC(=O)[C@H](C(C)C)NC1=O. The van der Waals surface area contributed by atoms with Gasteiger partial charge in [0, 0.05) is 22.0 Å². The number of thiol groups is 1. The maximum Gasteiger partial charge on any atom is 0.329 e. The third-order valence-corrected chi connectivity index (χ3v) is 13.8. The number of pyridine rings is 2. The van der Waals surface area contributed by atoms with Crippen molar-refractivity contribution in [3.05, 3.63) is 94.9 Å². The van der Waals surface area contributed by atoms with Gasteiger partial charge in [0.1, 0.15) is 47.1 Å². The van der Waals surface area contributed by atoms with Crippen molar-refractivity contribution >= 4 is 100 Å². The molecule has 414 valence electrons. The second-order valence-electron chi connectivity index (χ2n) is 17.9. The van der Waals surface area contributed by atoms with Gasteiger partial charge in [-0.2, -0.15) is 12.6 Å². The number of allylic oxidation sites excluding steroid dienone is 4. The lowest BCUT2D eigenvalue weighted by Crippen LogP contribution is -2.48. The Bertz CT molecular complexity index is 2520. The number of ether oxygens (including phenoxy) is 2. The molecule has 4 rings (SSSR count). The fourth-order valence-corrected chi connectivity index (χ4v) is 8.82. The molecule has 2 aromatic heterocycles. The Morgan fingerprint density at radius 2 is 1.12 bits per heavy atom. The van der Waals surface area contributed by atoms with Gasteiger partial charge in [-0.05, 0) is 99.6 Å². The molecule has 4 atom stereocenters. The number of cyclic esters (lactones) is 2. The molecular formula is C53H72N8O11S4. The van der Waals surface area contributed by atoms with Crippen molar-refractivity contribution in [1.82, 2.24) is 41.9 Å². The van der Waals surface area contributed by atoms with Gasteiger partial charge >= 0.3 is 11.9 Å². The summed E-state index contributed by atoms with van der Waals surface area (Å²) in [6.45, 7) is 12.4. The average Bonchev–Trinajstić information content (AvgIpc) is 3.39. The first-order chi connectivity index (χ1) is 36.2. The van der Waals surface area contributed by atoms with Crippen molar-refractivity contribution in [2.45, 2.75) is 141 Å². The number of nitrogens with one attached hydrogen (secondary N) is 6. The number of esters is 2. The summed E-state index contributed by atoms with van der Waals surface area (Å²) in [6.07, 6.45) is 15.1. The molecule has 4 bridgehead atoms. The molecule has 0 fully saturated rings. The normalized spacial score (nSPS) is 20.8. The van der Waals surface area contributed by atoms with E-state index in [1.807, 2.05) is 19.4 Å². The summed E-state index contributed by atoms with van der Waals surface area (Å²) in [6, 6.07) is 4.72. The molecule has 19 nitrogen and oxygen atoms in total. The highest BCUT2D eigenvalue weighted by molar-refractivity contribution is 8.13.